The summed E-state index contributed by atoms with van der Waals surface area (Å²) in [5.41, 5.74) is 5.08. The minimum absolute atomic E-state index is 0. The molecule has 1 aliphatic heterocycles. The Morgan fingerprint density at radius 3 is 2.82 bits per heavy atom. The number of pyridine rings is 1. The number of nitrogens with zero attached hydrogens (tertiary/aromatic N) is 3. The Bertz CT molecular complexity index is 781. The van der Waals surface area contributed by atoms with Gasteiger partial charge in [-0.2, -0.15) is 0 Å². The standard InChI is InChI=1S/C22H30N4O.HI/c1-4-24-22(25-12-10-19-9-11-23-15-18(19)3)26-13-14-27-21(16-26)20-8-6-5-7-17(20)2;/h5-9,11,15,21H,4,10,12-14,16H2,1-3H3,(H,24,25);1H. The molecule has 1 fully saturated rings. The SMILES string of the molecule is CCNC(=NCCc1ccncc1C)N1CCOC(c2ccccc2C)C1.I. The lowest BCUT2D eigenvalue weighted by atomic mass is 10.0. The van der Waals surface area contributed by atoms with Crippen LogP contribution in [0.2, 0.25) is 0 Å². The third-order valence-corrected chi connectivity index (χ3v) is 5.02. The van der Waals surface area contributed by atoms with Crippen molar-refractivity contribution in [2.75, 3.05) is 32.8 Å². The van der Waals surface area contributed by atoms with Crippen LogP contribution in [-0.2, 0) is 11.2 Å². The first kappa shape index (κ1) is 22.6. The predicted octanol–water partition coefficient (Wildman–Crippen LogP) is 3.90. The summed E-state index contributed by atoms with van der Waals surface area (Å²) in [7, 11) is 0. The smallest absolute Gasteiger partial charge is 0.194 e. The van der Waals surface area contributed by atoms with Gasteiger partial charge in [-0.1, -0.05) is 24.3 Å². The van der Waals surface area contributed by atoms with Gasteiger partial charge in [-0.3, -0.25) is 9.98 Å². The fourth-order valence-corrected chi connectivity index (χ4v) is 3.47. The molecule has 0 spiro atoms. The number of guanidine groups is 1. The number of aromatic nitrogens is 1. The molecule has 5 nitrogen and oxygen atoms in total. The largest absolute Gasteiger partial charge is 0.370 e. The lowest BCUT2D eigenvalue weighted by molar-refractivity contribution is -0.00832. The minimum atomic E-state index is 0. The van der Waals surface area contributed by atoms with Gasteiger partial charge in [0.1, 0.15) is 6.10 Å². The molecule has 0 amide bonds. The summed E-state index contributed by atoms with van der Waals surface area (Å²) in [5, 5.41) is 3.45. The monoisotopic (exact) mass is 494 g/mol. The highest BCUT2D eigenvalue weighted by Gasteiger charge is 2.25. The van der Waals surface area contributed by atoms with Gasteiger partial charge < -0.3 is 15.0 Å². The Labute approximate surface area is 185 Å². The van der Waals surface area contributed by atoms with Crippen LogP contribution < -0.4 is 5.32 Å². The number of benzene rings is 1. The van der Waals surface area contributed by atoms with E-state index in [2.05, 4.69) is 66.3 Å². The van der Waals surface area contributed by atoms with Gasteiger partial charge in [0.25, 0.3) is 0 Å². The molecule has 1 aromatic carbocycles. The summed E-state index contributed by atoms with van der Waals surface area (Å²) in [6.45, 7) is 10.4. The molecule has 0 saturated carbocycles. The molecule has 3 rings (SSSR count). The van der Waals surface area contributed by atoms with Crippen molar-refractivity contribution in [2.24, 2.45) is 4.99 Å². The highest BCUT2D eigenvalue weighted by atomic mass is 127. The summed E-state index contributed by atoms with van der Waals surface area (Å²) in [4.78, 5) is 11.4. The number of rotatable bonds is 5. The van der Waals surface area contributed by atoms with Crippen molar-refractivity contribution in [1.82, 2.24) is 15.2 Å². The van der Waals surface area contributed by atoms with Crippen molar-refractivity contribution in [2.45, 2.75) is 33.3 Å². The van der Waals surface area contributed by atoms with Gasteiger partial charge in [0.05, 0.1) is 13.2 Å². The molecule has 1 saturated heterocycles. The number of halogens is 1. The first-order valence-electron chi connectivity index (χ1n) is 9.79. The number of aliphatic imine (C=N–C) groups is 1. The molecule has 2 aromatic rings. The van der Waals surface area contributed by atoms with E-state index in [1.807, 2.05) is 12.4 Å². The summed E-state index contributed by atoms with van der Waals surface area (Å²) in [6.07, 6.45) is 4.78. The summed E-state index contributed by atoms with van der Waals surface area (Å²) in [6, 6.07) is 10.6. The fraction of sp³-hybridized carbons (Fsp3) is 0.455. The van der Waals surface area contributed by atoms with Crippen molar-refractivity contribution in [3.05, 3.63) is 65.0 Å². The van der Waals surface area contributed by atoms with Gasteiger partial charge in [0, 0.05) is 32.0 Å². The minimum Gasteiger partial charge on any atom is -0.370 e. The number of nitrogens with one attached hydrogen (secondary N) is 1. The zero-order chi connectivity index (χ0) is 19.1. The van der Waals surface area contributed by atoms with Crippen LogP contribution in [-0.4, -0.2) is 48.6 Å². The number of hydrogen-bond donors (Lipinski definition) is 1. The summed E-state index contributed by atoms with van der Waals surface area (Å²) >= 11 is 0. The maximum Gasteiger partial charge on any atom is 0.194 e. The van der Waals surface area contributed by atoms with Crippen LogP contribution in [0, 0.1) is 13.8 Å². The van der Waals surface area contributed by atoms with Crippen LogP contribution in [0.25, 0.3) is 0 Å². The molecule has 152 valence electrons. The van der Waals surface area contributed by atoms with E-state index < -0.39 is 0 Å². The third kappa shape index (κ3) is 5.91. The third-order valence-electron chi connectivity index (χ3n) is 5.02. The normalized spacial score (nSPS) is 17.2. The maximum absolute atomic E-state index is 6.06. The van der Waals surface area contributed by atoms with Crippen LogP contribution in [0.15, 0.2) is 47.7 Å². The Hall–Kier alpha value is -1.67. The van der Waals surface area contributed by atoms with E-state index in [9.17, 15) is 0 Å². The molecule has 1 unspecified atom stereocenters. The molecule has 0 aliphatic carbocycles. The molecule has 1 N–H and O–H groups in total. The van der Waals surface area contributed by atoms with E-state index in [4.69, 9.17) is 9.73 Å². The van der Waals surface area contributed by atoms with Gasteiger partial charge in [0.15, 0.2) is 5.96 Å². The van der Waals surface area contributed by atoms with Gasteiger partial charge >= 0.3 is 0 Å². The molecule has 28 heavy (non-hydrogen) atoms. The van der Waals surface area contributed by atoms with Crippen LogP contribution in [0.5, 0.6) is 0 Å². The number of ether oxygens (including phenoxy) is 1. The second-order valence-corrected chi connectivity index (χ2v) is 6.95. The van der Waals surface area contributed by atoms with E-state index in [-0.39, 0.29) is 30.1 Å². The van der Waals surface area contributed by atoms with Gasteiger partial charge in [0.2, 0.25) is 0 Å². The van der Waals surface area contributed by atoms with E-state index in [0.717, 1.165) is 38.6 Å². The number of hydrogen-bond acceptors (Lipinski definition) is 3. The van der Waals surface area contributed by atoms with E-state index in [1.165, 1.54) is 22.3 Å². The van der Waals surface area contributed by atoms with Crippen LogP contribution in [0.1, 0.15) is 35.3 Å². The topological polar surface area (TPSA) is 49.8 Å². The average Bonchev–Trinajstić information content (AvgIpc) is 2.69. The van der Waals surface area contributed by atoms with Crippen molar-refractivity contribution >= 4 is 29.9 Å². The predicted molar refractivity (Wildman–Crippen MR) is 126 cm³/mol. The Kier molecular flexibility index (Phi) is 9.18. The maximum atomic E-state index is 6.06. The highest BCUT2D eigenvalue weighted by molar-refractivity contribution is 14.0. The van der Waals surface area contributed by atoms with Gasteiger partial charge in [-0.05, 0) is 55.5 Å². The van der Waals surface area contributed by atoms with Crippen molar-refractivity contribution in [1.29, 1.82) is 0 Å². The number of aryl methyl sites for hydroxylation is 2. The molecule has 2 heterocycles. The van der Waals surface area contributed by atoms with E-state index in [1.54, 1.807) is 0 Å². The first-order valence-corrected chi connectivity index (χ1v) is 9.79. The zero-order valence-corrected chi connectivity index (χ0v) is 19.3. The summed E-state index contributed by atoms with van der Waals surface area (Å²) < 4.78 is 6.06. The lowest BCUT2D eigenvalue weighted by Crippen LogP contribution is -2.48. The Balaban J connectivity index is 0.00000280. The Morgan fingerprint density at radius 1 is 1.25 bits per heavy atom. The molecule has 1 aromatic heterocycles. The molecule has 0 radical (unpaired) electrons. The lowest BCUT2D eigenvalue weighted by Gasteiger charge is -2.35. The Morgan fingerprint density at radius 2 is 2.07 bits per heavy atom. The molecule has 1 aliphatic rings. The molecular formula is C22H31IN4O. The zero-order valence-electron chi connectivity index (χ0n) is 17.0. The van der Waals surface area contributed by atoms with Crippen LogP contribution in [0.4, 0.5) is 0 Å². The van der Waals surface area contributed by atoms with E-state index in [0.29, 0.717) is 6.61 Å². The average molecular weight is 494 g/mol. The quantitative estimate of drug-likeness (QED) is 0.389. The fourth-order valence-electron chi connectivity index (χ4n) is 3.47. The molecule has 0 bridgehead atoms. The van der Waals surface area contributed by atoms with E-state index >= 15 is 0 Å². The van der Waals surface area contributed by atoms with Crippen molar-refractivity contribution in [3.8, 4) is 0 Å². The number of morpholine rings is 1. The van der Waals surface area contributed by atoms with Crippen molar-refractivity contribution in [3.63, 3.8) is 0 Å². The van der Waals surface area contributed by atoms with Crippen molar-refractivity contribution < 1.29 is 4.74 Å². The molecule has 1 atom stereocenters. The molecule has 6 heteroatoms. The second-order valence-electron chi connectivity index (χ2n) is 6.95. The van der Waals surface area contributed by atoms with Crippen LogP contribution >= 0.6 is 24.0 Å². The highest BCUT2D eigenvalue weighted by Crippen LogP contribution is 2.25. The summed E-state index contributed by atoms with van der Waals surface area (Å²) in [5.74, 6) is 0.978. The van der Waals surface area contributed by atoms with Crippen LogP contribution in [0.3, 0.4) is 0 Å². The van der Waals surface area contributed by atoms with Gasteiger partial charge in [-0.15, -0.1) is 24.0 Å². The first-order chi connectivity index (χ1) is 13.2. The molecular weight excluding hydrogens is 463 g/mol. The second kappa shape index (κ2) is 11.4. The van der Waals surface area contributed by atoms with Gasteiger partial charge in [-0.25, -0.2) is 0 Å².